The maximum absolute atomic E-state index is 10.7. The first kappa shape index (κ1) is 16.4. The van der Waals surface area contributed by atoms with E-state index < -0.39 is 0 Å². The number of fused-ring (bicyclic) bond motifs is 4. The minimum absolute atomic E-state index is 0.120. The Kier molecular flexibility index (Phi) is 4.44. The Morgan fingerprint density at radius 3 is 2.78 bits per heavy atom. The third-order valence-electron chi connectivity index (χ3n) is 5.43. The van der Waals surface area contributed by atoms with Gasteiger partial charge in [0.15, 0.2) is 0 Å². The van der Waals surface area contributed by atoms with Crippen LogP contribution in [0.2, 0.25) is 0 Å². The third kappa shape index (κ3) is 3.13. The molecule has 0 saturated heterocycles. The summed E-state index contributed by atoms with van der Waals surface area (Å²) in [6, 6.07) is 4.14. The Hall–Kier alpha value is -1.44. The molecule has 126 valence electrons. The molecular formula is C21H30O2. The molecule has 1 aromatic carbocycles. The number of phenolic OH excluding ortho intramolecular Hbond substituents is 1. The average molecular weight is 314 g/mol. The van der Waals surface area contributed by atoms with Crippen molar-refractivity contribution in [2.24, 2.45) is 5.92 Å². The van der Waals surface area contributed by atoms with Gasteiger partial charge in [0.05, 0.1) is 0 Å². The van der Waals surface area contributed by atoms with Gasteiger partial charge in [-0.05, 0) is 49.8 Å². The highest BCUT2D eigenvalue weighted by molar-refractivity contribution is 5.55. The van der Waals surface area contributed by atoms with E-state index in [1.165, 1.54) is 30.4 Å². The second-order valence-corrected chi connectivity index (χ2v) is 7.86. The molecule has 2 atom stereocenters. The highest BCUT2D eigenvalue weighted by Gasteiger charge is 2.43. The Morgan fingerprint density at radius 1 is 1.30 bits per heavy atom. The molecule has 0 saturated carbocycles. The van der Waals surface area contributed by atoms with E-state index in [-0.39, 0.29) is 5.60 Å². The molecule has 0 aromatic heterocycles. The van der Waals surface area contributed by atoms with Crippen LogP contribution in [0.4, 0.5) is 0 Å². The van der Waals surface area contributed by atoms with Crippen LogP contribution in [-0.2, 0) is 6.42 Å². The van der Waals surface area contributed by atoms with Crippen LogP contribution in [0.1, 0.15) is 76.8 Å². The molecule has 2 heteroatoms. The molecule has 3 rings (SSSR count). The minimum atomic E-state index is -0.120. The molecule has 1 heterocycles. The van der Waals surface area contributed by atoms with Gasteiger partial charge in [-0.3, -0.25) is 0 Å². The van der Waals surface area contributed by atoms with Crippen LogP contribution < -0.4 is 4.74 Å². The van der Waals surface area contributed by atoms with Crippen molar-refractivity contribution in [2.45, 2.75) is 77.7 Å². The van der Waals surface area contributed by atoms with Crippen molar-refractivity contribution >= 4 is 0 Å². The van der Waals surface area contributed by atoms with E-state index in [2.05, 4.69) is 39.8 Å². The molecule has 0 radical (unpaired) electrons. The van der Waals surface area contributed by atoms with Gasteiger partial charge in [-0.2, -0.15) is 0 Å². The molecule has 1 aliphatic carbocycles. The predicted octanol–water partition coefficient (Wildman–Crippen LogP) is 5.74. The van der Waals surface area contributed by atoms with Crippen molar-refractivity contribution in [2.75, 3.05) is 0 Å². The van der Waals surface area contributed by atoms with E-state index >= 15 is 0 Å². The highest BCUT2D eigenvalue weighted by Crippen LogP contribution is 2.53. The SMILES string of the molecule is CCCCCc1cc(O)c2c(c1)OC1(C)CC=C(C(C)C)[C@H]2C1. The zero-order valence-electron chi connectivity index (χ0n) is 15.0. The van der Waals surface area contributed by atoms with Gasteiger partial charge in [-0.15, -0.1) is 0 Å². The summed E-state index contributed by atoms with van der Waals surface area (Å²) >= 11 is 0. The smallest absolute Gasteiger partial charge is 0.127 e. The molecule has 0 amide bonds. The van der Waals surface area contributed by atoms with Crippen LogP contribution in [-0.4, -0.2) is 10.7 Å². The monoisotopic (exact) mass is 314 g/mol. The minimum Gasteiger partial charge on any atom is -0.507 e. The maximum atomic E-state index is 10.7. The lowest BCUT2D eigenvalue weighted by Crippen LogP contribution is -2.41. The molecule has 0 spiro atoms. The highest BCUT2D eigenvalue weighted by atomic mass is 16.5. The van der Waals surface area contributed by atoms with Crippen LogP contribution in [0.15, 0.2) is 23.8 Å². The van der Waals surface area contributed by atoms with E-state index in [9.17, 15) is 5.11 Å². The maximum Gasteiger partial charge on any atom is 0.127 e. The van der Waals surface area contributed by atoms with Crippen molar-refractivity contribution in [1.82, 2.24) is 0 Å². The van der Waals surface area contributed by atoms with Crippen molar-refractivity contribution in [3.8, 4) is 11.5 Å². The molecule has 0 fully saturated rings. The Balaban J connectivity index is 1.97. The van der Waals surface area contributed by atoms with Crippen LogP contribution in [0, 0.1) is 5.92 Å². The summed E-state index contributed by atoms with van der Waals surface area (Å²) < 4.78 is 6.34. The van der Waals surface area contributed by atoms with Gasteiger partial charge in [-0.1, -0.05) is 45.3 Å². The summed E-state index contributed by atoms with van der Waals surface area (Å²) in [7, 11) is 0. The lowest BCUT2D eigenvalue weighted by molar-refractivity contribution is 0.0513. The first-order valence-electron chi connectivity index (χ1n) is 9.18. The van der Waals surface area contributed by atoms with E-state index in [0.717, 1.165) is 30.6 Å². The Labute approximate surface area is 140 Å². The van der Waals surface area contributed by atoms with Crippen LogP contribution in [0.25, 0.3) is 0 Å². The number of aromatic hydroxyl groups is 1. The zero-order chi connectivity index (χ0) is 16.6. The molecule has 2 aliphatic rings. The summed E-state index contributed by atoms with van der Waals surface area (Å²) in [5.74, 6) is 2.16. The fraction of sp³-hybridized carbons (Fsp3) is 0.619. The second-order valence-electron chi connectivity index (χ2n) is 7.86. The van der Waals surface area contributed by atoms with Crippen LogP contribution in [0.5, 0.6) is 11.5 Å². The van der Waals surface area contributed by atoms with Crippen LogP contribution in [0.3, 0.4) is 0 Å². The van der Waals surface area contributed by atoms with E-state index in [1.54, 1.807) is 0 Å². The molecule has 1 aliphatic heterocycles. The molecule has 1 N–H and O–H groups in total. The van der Waals surface area contributed by atoms with Crippen LogP contribution >= 0.6 is 0 Å². The number of hydrogen-bond donors (Lipinski definition) is 1. The van der Waals surface area contributed by atoms with Gasteiger partial charge < -0.3 is 9.84 Å². The number of aryl methyl sites for hydroxylation is 1. The van der Waals surface area contributed by atoms with E-state index in [4.69, 9.17) is 4.74 Å². The number of phenols is 1. The molecular weight excluding hydrogens is 284 g/mol. The molecule has 1 aromatic rings. The van der Waals surface area contributed by atoms with E-state index in [1.807, 2.05) is 6.07 Å². The zero-order valence-corrected chi connectivity index (χ0v) is 15.0. The standard InChI is InChI=1S/C21H30O2/c1-5-6-7-8-15-11-18(22)20-17-13-21(4,23-19(20)12-15)10-9-16(17)14(2)3/h9,11-12,14,17,22H,5-8,10,13H2,1-4H3/t17-,21?/m1/s1. The topological polar surface area (TPSA) is 29.5 Å². The van der Waals surface area contributed by atoms with Crippen molar-refractivity contribution in [3.05, 3.63) is 34.9 Å². The van der Waals surface area contributed by atoms with Crippen molar-refractivity contribution < 1.29 is 9.84 Å². The number of allylic oxidation sites excluding steroid dienone is 1. The van der Waals surface area contributed by atoms with Gasteiger partial charge in [0.1, 0.15) is 17.1 Å². The Bertz CT molecular complexity index is 615. The lowest BCUT2D eigenvalue weighted by atomic mass is 9.70. The molecule has 1 unspecified atom stereocenters. The fourth-order valence-corrected chi connectivity index (χ4v) is 4.19. The number of hydrogen-bond acceptors (Lipinski definition) is 2. The lowest BCUT2D eigenvalue weighted by Gasteiger charge is -2.45. The van der Waals surface area contributed by atoms with Gasteiger partial charge >= 0.3 is 0 Å². The summed E-state index contributed by atoms with van der Waals surface area (Å²) in [4.78, 5) is 0. The number of ether oxygens (including phenoxy) is 1. The number of rotatable bonds is 5. The largest absolute Gasteiger partial charge is 0.507 e. The number of benzene rings is 1. The summed E-state index contributed by atoms with van der Waals surface area (Å²) in [5.41, 5.74) is 3.56. The predicted molar refractivity (Wildman–Crippen MR) is 95.3 cm³/mol. The first-order valence-corrected chi connectivity index (χ1v) is 9.18. The number of unbranched alkanes of at least 4 members (excludes halogenated alkanes) is 2. The summed E-state index contributed by atoms with van der Waals surface area (Å²) in [6.45, 7) is 8.92. The fourth-order valence-electron chi connectivity index (χ4n) is 4.19. The van der Waals surface area contributed by atoms with E-state index in [0.29, 0.717) is 17.6 Å². The van der Waals surface area contributed by atoms with Crippen molar-refractivity contribution in [3.63, 3.8) is 0 Å². The normalized spacial score (nSPS) is 25.8. The van der Waals surface area contributed by atoms with Gasteiger partial charge in [0.25, 0.3) is 0 Å². The Morgan fingerprint density at radius 2 is 2.09 bits per heavy atom. The quantitative estimate of drug-likeness (QED) is 0.555. The molecule has 23 heavy (non-hydrogen) atoms. The molecule has 2 nitrogen and oxygen atoms in total. The summed E-state index contributed by atoms with van der Waals surface area (Å²) in [5, 5.41) is 10.7. The van der Waals surface area contributed by atoms with Gasteiger partial charge in [0, 0.05) is 17.9 Å². The third-order valence-corrected chi connectivity index (χ3v) is 5.43. The molecule has 2 bridgehead atoms. The van der Waals surface area contributed by atoms with Gasteiger partial charge in [0.2, 0.25) is 0 Å². The summed E-state index contributed by atoms with van der Waals surface area (Å²) in [6.07, 6.45) is 8.94. The first-order chi connectivity index (χ1) is 10.9. The van der Waals surface area contributed by atoms with Gasteiger partial charge in [-0.25, -0.2) is 0 Å². The second kappa shape index (κ2) is 6.22. The van der Waals surface area contributed by atoms with Crippen molar-refractivity contribution in [1.29, 1.82) is 0 Å². The average Bonchev–Trinajstić information content (AvgIpc) is 2.46.